The maximum absolute atomic E-state index is 12.9. The summed E-state index contributed by atoms with van der Waals surface area (Å²) in [6.07, 6.45) is 0.712. The van der Waals surface area contributed by atoms with Crippen LogP contribution >= 0.6 is 0 Å². The second-order valence-electron chi connectivity index (χ2n) is 4.79. The van der Waals surface area contributed by atoms with Gasteiger partial charge in [-0.1, -0.05) is 30.6 Å². The molecule has 0 spiro atoms. The van der Waals surface area contributed by atoms with E-state index < -0.39 is 23.2 Å². The van der Waals surface area contributed by atoms with E-state index in [1.54, 1.807) is 0 Å². The summed E-state index contributed by atoms with van der Waals surface area (Å²) in [7, 11) is 0. The molecule has 0 saturated carbocycles. The molecular weight excluding hydrogens is 315 g/mol. The van der Waals surface area contributed by atoms with Crippen LogP contribution in [-0.2, 0) is 11.4 Å². The van der Waals surface area contributed by atoms with Gasteiger partial charge < -0.3 is 9.29 Å². The molecule has 1 aromatic rings. The third-order valence-corrected chi connectivity index (χ3v) is 3.32. The zero-order valence-electron chi connectivity index (χ0n) is 12.7. The summed E-state index contributed by atoms with van der Waals surface area (Å²) < 4.78 is 58.3. The third kappa shape index (κ3) is 6.70. The van der Waals surface area contributed by atoms with Crippen molar-refractivity contribution in [3.05, 3.63) is 29.8 Å². The van der Waals surface area contributed by atoms with E-state index in [2.05, 4.69) is 11.3 Å². The zero-order chi connectivity index (χ0) is 16.6. The highest BCUT2D eigenvalue weighted by molar-refractivity contribution is 7.89. The van der Waals surface area contributed by atoms with Gasteiger partial charge in [0.2, 0.25) is 5.71 Å². The molecule has 0 N–H and O–H groups in total. The molecule has 22 heavy (non-hydrogen) atoms. The summed E-state index contributed by atoms with van der Waals surface area (Å²) in [6.45, 7) is 2.65. The highest BCUT2D eigenvalue weighted by atomic mass is 32.2. The summed E-state index contributed by atoms with van der Waals surface area (Å²) in [4.78, 5) is 0. The van der Waals surface area contributed by atoms with Crippen molar-refractivity contribution in [3.8, 4) is 5.75 Å². The van der Waals surface area contributed by atoms with Crippen molar-refractivity contribution < 1.29 is 22.5 Å². The van der Waals surface area contributed by atoms with Crippen molar-refractivity contribution >= 4 is 17.1 Å². The Labute approximate surface area is 131 Å². The minimum atomic E-state index is -4.64. The van der Waals surface area contributed by atoms with Crippen LogP contribution in [0.1, 0.15) is 38.2 Å². The molecule has 0 radical (unpaired) electrons. The van der Waals surface area contributed by atoms with Crippen LogP contribution in [0.4, 0.5) is 13.2 Å². The van der Waals surface area contributed by atoms with Gasteiger partial charge in [0.25, 0.3) is 0 Å². The number of ether oxygens (including phenoxy) is 1. The van der Waals surface area contributed by atoms with E-state index in [0.29, 0.717) is 12.4 Å². The summed E-state index contributed by atoms with van der Waals surface area (Å²) in [5, 5.41) is 0. The van der Waals surface area contributed by atoms with E-state index in [-0.39, 0.29) is 5.56 Å². The van der Waals surface area contributed by atoms with Gasteiger partial charge >= 0.3 is 6.18 Å². The molecule has 0 fully saturated rings. The highest BCUT2D eigenvalue weighted by Crippen LogP contribution is 2.25. The van der Waals surface area contributed by atoms with Crippen LogP contribution < -0.4 is 4.74 Å². The van der Waals surface area contributed by atoms with Crippen LogP contribution in [0.25, 0.3) is 0 Å². The quantitative estimate of drug-likeness (QED) is 0.404. The fraction of sp³-hybridized carbons (Fsp3) is 0.533. The first-order chi connectivity index (χ1) is 10.3. The molecule has 3 nitrogen and oxygen atoms in total. The van der Waals surface area contributed by atoms with Gasteiger partial charge in [-0.15, -0.1) is 0 Å². The second-order valence-corrected chi connectivity index (χ2v) is 5.83. The molecule has 0 unspecified atom stereocenters. The van der Waals surface area contributed by atoms with Crippen molar-refractivity contribution in [3.63, 3.8) is 0 Å². The molecule has 0 aliphatic rings. The first-order valence-corrected chi connectivity index (χ1v) is 8.58. The molecular formula is C15H20F3NO2S. The Morgan fingerprint density at radius 2 is 1.82 bits per heavy atom. The van der Waals surface area contributed by atoms with Crippen LogP contribution in [0.3, 0.4) is 0 Å². The number of hydrogen-bond acceptors (Lipinski definition) is 3. The van der Waals surface area contributed by atoms with Gasteiger partial charge in [0.1, 0.15) is 12.0 Å². The van der Waals surface area contributed by atoms with Crippen LogP contribution in [-0.4, -0.2) is 29.3 Å². The van der Waals surface area contributed by atoms with E-state index in [0.717, 1.165) is 31.9 Å². The Bertz CT molecular complexity index is 473. The average Bonchev–Trinajstić information content (AvgIpc) is 2.44. The molecule has 0 bridgehead atoms. The number of alkyl halides is 3. The Kier molecular flexibility index (Phi) is 7.75. The van der Waals surface area contributed by atoms with Crippen molar-refractivity contribution in [1.29, 1.82) is 0 Å². The number of halogens is 3. The first kappa shape index (κ1) is 18.8. The van der Waals surface area contributed by atoms with E-state index in [4.69, 9.17) is 4.74 Å². The van der Waals surface area contributed by atoms with Crippen LogP contribution in [0.2, 0.25) is 0 Å². The second kappa shape index (κ2) is 9.05. The highest BCUT2D eigenvalue weighted by Gasteiger charge is 2.39. The maximum Gasteiger partial charge on any atom is 0.438 e. The number of benzene rings is 1. The van der Waals surface area contributed by atoms with E-state index in [1.165, 1.54) is 24.3 Å². The summed E-state index contributed by atoms with van der Waals surface area (Å²) >= 11 is -1.92. The molecule has 0 amide bonds. The molecule has 0 saturated heterocycles. The third-order valence-electron chi connectivity index (χ3n) is 2.88. The average molecular weight is 335 g/mol. The van der Waals surface area contributed by atoms with Gasteiger partial charge in [-0.3, -0.25) is 0 Å². The Hall–Kier alpha value is -1.21. The lowest BCUT2D eigenvalue weighted by atomic mass is 10.1. The summed E-state index contributed by atoms with van der Waals surface area (Å²) in [5.41, 5.74) is -1.26. The van der Waals surface area contributed by atoms with Crippen molar-refractivity contribution in [2.45, 2.75) is 38.8 Å². The molecule has 1 rings (SSSR count). The summed E-state index contributed by atoms with van der Waals surface area (Å²) in [6, 6.07) is 5.49. The molecule has 0 aliphatic heterocycles. The Morgan fingerprint density at radius 1 is 1.18 bits per heavy atom. The van der Waals surface area contributed by atoms with Crippen molar-refractivity contribution in [2.24, 2.45) is 4.40 Å². The van der Waals surface area contributed by atoms with E-state index in [9.17, 15) is 17.7 Å². The zero-order valence-corrected chi connectivity index (χ0v) is 13.5. The normalized spacial score (nSPS) is 14.0. The van der Waals surface area contributed by atoms with Crippen molar-refractivity contribution in [1.82, 2.24) is 0 Å². The van der Waals surface area contributed by atoms with Gasteiger partial charge in [0, 0.05) is 5.56 Å². The monoisotopic (exact) mass is 335 g/mol. The lowest BCUT2D eigenvalue weighted by Gasteiger charge is -2.11. The maximum atomic E-state index is 12.9. The first-order valence-electron chi connectivity index (χ1n) is 7.07. The number of unbranched alkanes of at least 4 members (excludes halogenated alkanes) is 3. The Balaban J connectivity index is 2.70. The van der Waals surface area contributed by atoms with Gasteiger partial charge in [-0.05, 0) is 30.7 Å². The predicted octanol–water partition coefficient (Wildman–Crippen LogP) is 4.29. The van der Waals surface area contributed by atoms with Gasteiger partial charge in [0.15, 0.2) is 0 Å². The van der Waals surface area contributed by atoms with Crippen molar-refractivity contribution in [2.75, 3.05) is 12.9 Å². The Morgan fingerprint density at radius 3 is 2.32 bits per heavy atom. The molecule has 0 heterocycles. The standard InChI is InChI=1S/C15H20F3NO2S/c1-3-4-5-6-11-21-13-9-7-12(8-10-13)14(15(16,17)18)19-22(2)20/h7-10H,3-6,11H2,1-2H3/b19-14+/t22-/m0/s1. The van der Waals surface area contributed by atoms with Gasteiger partial charge in [0.05, 0.1) is 18.0 Å². The number of hydrogen-bond donors (Lipinski definition) is 0. The minimum Gasteiger partial charge on any atom is -0.591 e. The van der Waals surface area contributed by atoms with Crippen LogP contribution in [0, 0.1) is 0 Å². The molecule has 1 aromatic carbocycles. The topological polar surface area (TPSA) is 44.6 Å². The smallest absolute Gasteiger partial charge is 0.438 e. The molecule has 0 aromatic heterocycles. The largest absolute Gasteiger partial charge is 0.591 e. The SMILES string of the molecule is CCCCCCOc1ccc(/C(=N\[S@+](C)[O-])C(F)(F)F)cc1. The van der Waals surface area contributed by atoms with Crippen LogP contribution in [0.15, 0.2) is 28.7 Å². The predicted molar refractivity (Wildman–Crippen MR) is 82.7 cm³/mol. The minimum absolute atomic E-state index is 0.124. The molecule has 124 valence electrons. The van der Waals surface area contributed by atoms with Crippen LogP contribution in [0.5, 0.6) is 5.75 Å². The lowest BCUT2D eigenvalue weighted by Crippen LogP contribution is -2.25. The van der Waals surface area contributed by atoms with E-state index in [1.807, 2.05) is 0 Å². The molecule has 7 heteroatoms. The lowest BCUT2D eigenvalue weighted by molar-refractivity contribution is -0.0578. The summed E-state index contributed by atoms with van der Waals surface area (Å²) in [5.74, 6) is 0.513. The number of nitrogens with zero attached hydrogens (tertiary/aromatic N) is 1. The van der Waals surface area contributed by atoms with Gasteiger partial charge in [-0.2, -0.15) is 13.2 Å². The molecule has 0 aliphatic carbocycles. The fourth-order valence-electron chi connectivity index (χ4n) is 1.82. The molecule has 1 atom stereocenters. The fourth-order valence-corrected chi connectivity index (χ4v) is 2.29. The van der Waals surface area contributed by atoms with E-state index >= 15 is 0 Å². The number of rotatable bonds is 8. The van der Waals surface area contributed by atoms with Gasteiger partial charge in [-0.25, -0.2) is 0 Å².